The summed E-state index contributed by atoms with van der Waals surface area (Å²) in [5.41, 5.74) is 2.08. The summed E-state index contributed by atoms with van der Waals surface area (Å²) < 4.78 is 1.86. The first-order valence-corrected chi connectivity index (χ1v) is 10.1. The molecule has 0 radical (unpaired) electrons. The first-order valence-electron chi connectivity index (χ1n) is 10.1. The number of aromatic nitrogens is 4. The first-order chi connectivity index (χ1) is 12.7. The number of nitrogens with one attached hydrogen (secondary N) is 1. The summed E-state index contributed by atoms with van der Waals surface area (Å²) in [6.45, 7) is 6.42. The highest BCUT2D eigenvalue weighted by Crippen LogP contribution is 2.26. The Bertz CT molecular complexity index is 734. The minimum absolute atomic E-state index is 0.454. The normalized spacial score (nSPS) is 22.5. The van der Waals surface area contributed by atoms with E-state index in [-0.39, 0.29) is 0 Å². The third kappa shape index (κ3) is 3.90. The quantitative estimate of drug-likeness (QED) is 0.911. The predicted octanol–water partition coefficient (Wildman–Crippen LogP) is 3.49. The Balaban J connectivity index is 1.43. The zero-order chi connectivity index (χ0) is 17.9. The van der Waals surface area contributed by atoms with E-state index in [1.807, 2.05) is 24.7 Å². The molecule has 6 heteroatoms. The van der Waals surface area contributed by atoms with Crippen LogP contribution in [-0.2, 0) is 0 Å². The highest BCUT2D eigenvalue weighted by atomic mass is 15.3. The van der Waals surface area contributed by atoms with E-state index in [9.17, 15) is 0 Å². The Kier molecular flexibility index (Phi) is 5.20. The fourth-order valence-corrected chi connectivity index (χ4v) is 4.50. The van der Waals surface area contributed by atoms with Gasteiger partial charge in [0.25, 0.3) is 0 Å². The molecule has 1 atom stereocenters. The van der Waals surface area contributed by atoms with E-state index in [0.29, 0.717) is 6.04 Å². The molecule has 0 amide bonds. The second-order valence-corrected chi connectivity index (χ2v) is 7.87. The summed E-state index contributed by atoms with van der Waals surface area (Å²) in [5.74, 6) is 1.63. The molecule has 1 unspecified atom stereocenters. The predicted molar refractivity (Wildman–Crippen MR) is 104 cm³/mol. The van der Waals surface area contributed by atoms with Gasteiger partial charge in [0, 0.05) is 24.3 Å². The largest absolute Gasteiger partial charge is 0.365 e. The van der Waals surface area contributed by atoms with E-state index in [2.05, 4.69) is 26.4 Å². The lowest BCUT2D eigenvalue weighted by molar-refractivity contribution is 0.124. The van der Waals surface area contributed by atoms with Crippen LogP contribution in [0.1, 0.15) is 56.3 Å². The van der Waals surface area contributed by atoms with Gasteiger partial charge in [0.1, 0.15) is 5.82 Å². The molecule has 0 bridgehead atoms. The zero-order valence-corrected chi connectivity index (χ0v) is 16.0. The van der Waals surface area contributed by atoms with Crippen molar-refractivity contribution in [3.8, 4) is 5.82 Å². The van der Waals surface area contributed by atoms with Gasteiger partial charge < -0.3 is 5.32 Å². The van der Waals surface area contributed by atoms with E-state index in [4.69, 9.17) is 4.98 Å². The number of hydrogen-bond donors (Lipinski definition) is 1. The monoisotopic (exact) mass is 354 g/mol. The van der Waals surface area contributed by atoms with Crippen molar-refractivity contribution in [2.45, 2.75) is 70.9 Å². The lowest BCUT2D eigenvalue weighted by atomic mass is 9.92. The summed E-state index contributed by atoms with van der Waals surface area (Å²) >= 11 is 0. The molecule has 1 saturated carbocycles. The van der Waals surface area contributed by atoms with Gasteiger partial charge in [0.2, 0.25) is 0 Å². The number of aryl methyl sites for hydroxylation is 2. The molecule has 0 aromatic carbocycles. The van der Waals surface area contributed by atoms with Crippen LogP contribution in [0.15, 0.2) is 18.5 Å². The van der Waals surface area contributed by atoms with Crippen molar-refractivity contribution < 1.29 is 0 Å². The molecule has 1 N–H and O–H groups in total. The van der Waals surface area contributed by atoms with Crippen molar-refractivity contribution in [1.29, 1.82) is 0 Å². The van der Waals surface area contributed by atoms with Crippen molar-refractivity contribution in [3.63, 3.8) is 0 Å². The van der Waals surface area contributed by atoms with E-state index < -0.39 is 0 Å². The fourth-order valence-electron chi connectivity index (χ4n) is 4.50. The number of likely N-dealkylation sites (tertiary alicyclic amines) is 1. The molecule has 0 spiro atoms. The van der Waals surface area contributed by atoms with Crippen LogP contribution in [-0.4, -0.2) is 49.8 Å². The van der Waals surface area contributed by atoms with Gasteiger partial charge in [-0.2, -0.15) is 5.10 Å². The Labute approximate surface area is 156 Å². The average molecular weight is 355 g/mol. The van der Waals surface area contributed by atoms with Crippen molar-refractivity contribution in [3.05, 3.63) is 29.8 Å². The maximum atomic E-state index is 4.76. The van der Waals surface area contributed by atoms with Gasteiger partial charge in [-0.3, -0.25) is 9.88 Å². The second-order valence-electron chi connectivity index (χ2n) is 7.87. The van der Waals surface area contributed by atoms with Crippen LogP contribution in [0.4, 0.5) is 5.82 Å². The fraction of sp³-hybridized carbons (Fsp3) is 0.650. The van der Waals surface area contributed by atoms with Crippen LogP contribution in [0.5, 0.6) is 0 Å². The molecule has 140 valence electrons. The smallest absolute Gasteiger partial charge is 0.174 e. The topological polar surface area (TPSA) is 58.9 Å². The lowest BCUT2D eigenvalue weighted by Crippen LogP contribution is -2.47. The van der Waals surface area contributed by atoms with Gasteiger partial charge in [-0.25, -0.2) is 9.67 Å². The molecule has 2 fully saturated rings. The molecule has 2 aliphatic rings. The average Bonchev–Trinajstić information content (AvgIpc) is 3.01. The Morgan fingerprint density at radius 2 is 1.88 bits per heavy atom. The lowest BCUT2D eigenvalue weighted by Gasteiger charge is -2.40. The number of nitrogens with zero attached hydrogens (tertiary/aromatic N) is 5. The molecule has 1 aliphatic heterocycles. The summed E-state index contributed by atoms with van der Waals surface area (Å²) in [4.78, 5) is 11.9. The number of piperidine rings is 1. The summed E-state index contributed by atoms with van der Waals surface area (Å²) in [6.07, 6.45) is 13.0. The van der Waals surface area contributed by atoms with E-state index >= 15 is 0 Å². The van der Waals surface area contributed by atoms with E-state index in [1.54, 1.807) is 6.20 Å². The van der Waals surface area contributed by atoms with Crippen molar-refractivity contribution in [2.75, 3.05) is 18.4 Å². The highest BCUT2D eigenvalue weighted by molar-refractivity contribution is 5.37. The number of hydrogen-bond acceptors (Lipinski definition) is 5. The van der Waals surface area contributed by atoms with Crippen molar-refractivity contribution in [2.24, 2.45) is 0 Å². The van der Waals surface area contributed by atoms with E-state index in [0.717, 1.165) is 35.6 Å². The summed E-state index contributed by atoms with van der Waals surface area (Å²) in [7, 11) is 0. The van der Waals surface area contributed by atoms with Gasteiger partial charge in [-0.1, -0.05) is 19.3 Å². The van der Waals surface area contributed by atoms with Crippen LogP contribution in [0.3, 0.4) is 0 Å². The molecule has 1 saturated heterocycles. The Morgan fingerprint density at radius 3 is 2.65 bits per heavy atom. The van der Waals surface area contributed by atoms with Crippen LogP contribution in [0.25, 0.3) is 5.82 Å². The molecule has 3 heterocycles. The third-order valence-electron chi connectivity index (χ3n) is 5.74. The van der Waals surface area contributed by atoms with Gasteiger partial charge >= 0.3 is 0 Å². The van der Waals surface area contributed by atoms with Gasteiger partial charge in [-0.15, -0.1) is 0 Å². The van der Waals surface area contributed by atoms with Gasteiger partial charge in [-0.05, 0) is 52.1 Å². The molecule has 2 aromatic heterocycles. The molecular weight excluding hydrogens is 324 g/mol. The minimum atomic E-state index is 0.454. The van der Waals surface area contributed by atoms with Gasteiger partial charge in [0.05, 0.1) is 18.1 Å². The van der Waals surface area contributed by atoms with Crippen molar-refractivity contribution in [1.82, 2.24) is 24.6 Å². The molecule has 26 heavy (non-hydrogen) atoms. The third-order valence-corrected chi connectivity index (χ3v) is 5.74. The molecule has 4 rings (SSSR count). The van der Waals surface area contributed by atoms with Crippen LogP contribution in [0, 0.1) is 13.8 Å². The van der Waals surface area contributed by atoms with Gasteiger partial charge in [0.15, 0.2) is 5.82 Å². The first kappa shape index (κ1) is 17.5. The second kappa shape index (κ2) is 7.74. The van der Waals surface area contributed by atoms with Crippen LogP contribution < -0.4 is 5.32 Å². The highest BCUT2D eigenvalue weighted by Gasteiger charge is 2.27. The Hall–Kier alpha value is -1.95. The van der Waals surface area contributed by atoms with Crippen molar-refractivity contribution >= 4 is 5.82 Å². The maximum Gasteiger partial charge on any atom is 0.174 e. The standard InChI is InChI=1S/C20H30N6/c1-15-11-16(2)26(24-15)20-13-21-12-19(23-20)22-17-7-6-10-25(14-17)18-8-4-3-5-9-18/h11-13,17-18H,3-10,14H2,1-2H3,(H,22,23). The molecular formula is C20H30N6. The molecule has 2 aromatic rings. The maximum absolute atomic E-state index is 4.76. The van der Waals surface area contributed by atoms with E-state index in [1.165, 1.54) is 51.5 Å². The Morgan fingerprint density at radius 1 is 1.04 bits per heavy atom. The molecule has 1 aliphatic carbocycles. The minimum Gasteiger partial charge on any atom is -0.365 e. The summed E-state index contributed by atoms with van der Waals surface area (Å²) in [5, 5.41) is 8.15. The summed E-state index contributed by atoms with van der Waals surface area (Å²) in [6, 6.07) is 3.31. The number of anilines is 1. The number of rotatable bonds is 4. The molecule has 6 nitrogen and oxygen atoms in total. The zero-order valence-electron chi connectivity index (χ0n) is 16.0. The van der Waals surface area contributed by atoms with Crippen LogP contribution in [0.2, 0.25) is 0 Å². The SMILES string of the molecule is Cc1cc(C)n(-c2cncc(NC3CCCN(C4CCCCC4)C3)n2)n1. The van der Waals surface area contributed by atoms with Crippen LogP contribution >= 0.6 is 0 Å².